The molecule has 0 aromatic heterocycles. The van der Waals surface area contributed by atoms with E-state index < -0.39 is 11.6 Å². The highest BCUT2D eigenvalue weighted by Gasteiger charge is 2.16. The summed E-state index contributed by atoms with van der Waals surface area (Å²) in [5.41, 5.74) is 0. The summed E-state index contributed by atoms with van der Waals surface area (Å²) in [7, 11) is 2.79. The van der Waals surface area contributed by atoms with Gasteiger partial charge in [-0.3, -0.25) is 0 Å². The van der Waals surface area contributed by atoms with Gasteiger partial charge in [0, 0.05) is 6.07 Å². The predicted octanol–water partition coefficient (Wildman–Crippen LogP) is 2.31. The van der Waals surface area contributed by atoms with Crippen molar-refractivity contribution < 1.29 is 19.0 Å². The molecular formula is C8H8BrFO3. The minimum atomic E-state index is -0.766. The lowest BCUT2D eigenvalue weighted by atomic mass is 10.3. The van der Waals surface area contributed by atoms with E-state index in [1.54, 1.807) is 0 Å². The number of phenols is 1. The molecule has 1 rings (SSSR count). The maximum atomic E-state index is 13.1. The third-order valence-electron chi connectivity index (χ3n) is 1.53. The molecule has 0 spiro atoms. The van der Waals surface area contributed by atoms with Crippen LogP contribution in [0.4, 0.5) is 4.39 Å². The van der Waals surface area contributed by atoms with Crippen LogP contribution in [-0.4, -0.2) is 19.3 Å². The van der Waals surface area contributed by atoms with E-state index in [-0.39, 0.29) is 16.0 Å². The van der Waals surface area contributed by atoms with Crippen LogP contribution in [0.1, 0.15) is 0 Å². The van der Waals surface area contributed by atoms with Gasteiger partial charge in [-0.05, 0) is 15.9 Å². The van der Waals surface area contributed by atoms with E-state index in [1.165, 1.54) is 14.2 Å². The number of hydrogen-bond donors (Lipinski definition) is 1. The van der Waals surface area contributed by atoms with Crippen molar-refractivity contribution in [3.05, 3.63) is 16.4 Å². The van der Waals surface area contributed by atoms with E-state index in [9.17, 15) is 4.39 Å². The summed E-state index contributed by atoms with van der Waals surface area (Å²) in [4.78, 5) is 0. The molecule has 72 valence electrons. The third-order valence-corrected chi connectivity index (χ3v) is 2.24. The Balaban J connectivity index is 3.39. The number of methoxy groups -OCH3 is 2. The van der Waals surface area contributed by atoms with Gasteiger partial charge in [0.15, 0.2) is 23.1 Å². The van der Waals surface area contributed by atoms with Gasteiger partial charge < -0.3 is 14.6 Å². The van der Waals surface area contributed by atoms with E-state index in [2.05, 4.69) is 15.9 Å². The third kappa shape index (κ3) is 1.70. The molecule has 0 fully saturated rings. The fourth-order valence-electron chi connectivity index (χ4n) is 0.915. The van der Waals surface area contributed by atoms with Gasteiger partial charge in [-0.15, -0.1) is 0 Å². The van der Waals surface area contributed by atoms with Crippen LogP contribution in [0.15, 0.2) is 10.5 Å². The van der Waals surface area contributed by atoms with Crippen molar-refractivity contribution in [2.24, 2.45) is 0 Å². The van der Waals surface area contributed by atoms with Crippen LogP contribution in [-0.2, 0) is 0 Å². The van der Waals surface area contributed by atoms with E-state index in [0.717, 1.165) is 6.07 Å². The largest absolute Gasteiger partial charge is 0.505 e. The molecule has 5 heteroatoms. The normalized spacial score (nSPS) is 9.85. The minimum absolute atomic E-state index is 0.0480. The average molecular weight is 251 g/mol. The molecule has 13 heavy (non-hydrogen) atoms. The van der Waals surface area contributed by atoms with Crippen molar-refractivity contribution in [1.82, 2.24) is 0 Å². The van der Waals surface area contributed by atoms with Gasteiger partial charge in [0.2, 0.25) is 0 Å². The number of phenolic OH excluding ortho intramolecular Hbond substituents is 1. The number of benzene rings is 1. The van der Waals surface area contributed by atoms with Crippen LogP contribution < -0.4 is 9.47 Å². The molecule has 0 saturated heterocycles. The molecule has 0 heterocycles. The fraction of sp³-hybridized carbons (Fsp3) is 0.250. The van der Waals surface area contributed by atoms with Gasteiger partial charge in [-0.2, -0.15) is 0 Å². The molecule has 1 aromatic carbocycles. The molecule has 0 radical (unpaired) electrons. The van der Waals surface area contributed by atoms with Gasteiger partial charge in [-0.1, -0.05) is 0 Å². The van der Waals surface area contributed by atoms with Crippen molar-refractivity contribution in [3.63, 3.8) is 0 Å². The molecule has 0 unspecified atom stereocenters. The highest BCUT2D eigenvalue weighted by molar-refractivity contribution is 9.10. The number of ether oxygens (including phenoxy) is 2. The molecule has 0 aliphatic carbocycles. The Kier molecular flexibility index (Phi) is 2.98. The second-order valence-electron chi connectivity index (χ2n) is 2.26. The van der Waals surface area contributed by atoms with Gasteiger partial charge in [0.25, 0.3) is 0 Å². The van der Waals surface area contributed by atoms with Crippen molar-refractivity contribution in [1.29, 1.82) is 0 Å². The average Bonchev–Trinajstić information content (AvgIpc) is 2.13. The van der Waals surface area contributed by atoms with E-state index in [1.807, 2.05) is 0 Å². The Morgan fingerprint density at radius 2 is 2.00 bits per heavy atom. The zero-order valence-electron chi connectivity index (χ0n) is 7.10. The van der Waals surface area contributed by atoms with Crippen molar-refractivity contribution in [2.75, 3.05) is 14.2 Å². The van der Waals surface area contributed by atoms with Gasteiger partial charge in [0.1, 0.15) is 4.47 Å². The summed E-state index contributed by atoms with van der Waals surface area (Å²) in [6, 6.07) is 1.15. The zero-order chi connectivity index (χ0) is 10.0. The lowest BCUT2D eigenvalue weighted by molar-refractivity contribution is 0.342. The molecule has 0 aliphatic rings. The van der Waals surface area contributed by atoms with Crippen LogP contribution in [0, 0.1) is 5.82 Å². The quantitative estimate of drug-likeness (QED) is 0.876. The van der Waals surface area contributed by atoms with Crippen LogP contribution in [0.2, 0.25) is 0 Å². The summed E-state index contributed by atoms with van der Waals surface area (Å²) < 4.78 is 22.9. The molecular weight excluding hydrogens is 243 g/mol. The minimum Gasteiger partial charge on any atom is -0.505 e. The van der Waals surface area contributed by atoms with Gasteiger partial charge >= 0.3 is 0 Å². The van der Waals surface area contributed by atoms with E-state index in [0.29, 0.717) is 0 Å². The Bertz CT molecular complexity index is 328. The smallest absolute Gasteiger partial charge is 0.182 e. The second-order valence-corrected chi connectivity index (χ2v) is 3.05. The second kappa shape index (κ2) is 3.83. The predicted molar refractivity (Wildman–Crippen MR) is 48.9 cm³/mol. The molecule has 0 bridgehead atoms. The van der Waals surface area contributed by atoms with E-state index >= 15 is 0 Å². The standard InChI is InChI=1S/C8H8BrFO3/c1-12-5-3-4(11)7(10)6(9)8(5)13-2/h3,11H,1-2H3. The highest BCUT2D eigenvalue weighted by Crippen LogP contribution is 2.41. The first kappa shape index (κ1) is 10.1. The number of aromatic hydroxyl groups is 1. The topological polar surface area (TPSA) is 38.7 Å². The highest BCUT2D eigenvalue weighted by atomic mass is 79.9. The molecule has 0 atom stereocenters. The van der Waals surface area contributed by atoms with E-state index in [4.69, 9.17) is 14.6 Å². The lowest BCUT2D eigenvalue weighted by Gasteiger charge is -2.10. The fourth-order valence-corrected chi connectivity index (χ4v) is 1.48. The van der Waals surface area contributed by atoms with Gasteiger partial charge in [0.05, 0.1) is 14.2 Å². The summed E-state index contributed by atoms with van der Waals surface area (Å²) in [5, 5.41) is 9.09. The SMILES string of the molecule is COc1cc(O)c(F)c(Br)c1OC. The van der Waals surface area contributed by atoms with Crippen LogP contribution in [0.3, 0.4) is 0 Å². The maximum Gasteiger partial charge on any atom is 0.182 e. The van der Waals surface area contributed by atoms with Crippen LogP contribution >= 0.6 is 15.9 Å². The Morgan fingerprint density at radius 1 is 1.38 bits per heavy atom. The molecule has 3 nitrogen and oxygen atoms in total. The first-order chi connectivity index (χ1) is 6.11. The molecule has 0 amide bonds. The summed E-state index contributed by atoms with van der Waals surface area (Å²) in [5.74, 6) is -0.756. The molecule has 0 saturated carbocycles. The van der Waals surface area contributed by atoms with Crippen molar-refractivity contribution in [2.45, 2.75) is 0 Å². The summed E-state index contributed by atoms with van der Waals surface area (Å²) in [6.07, 6.45) is 0. The van der Waals surface area contributed by atoms with Crippen LogP contribution in [0.5, 0.6) is 17.2 Å². The number of hydrogen-bond acceptors (Lipinski definition) is 3. The number of halogens is 2. The molecule has 0 aliphatic heterocycles. The lowest BCUT2D eigenvalue weighted by Crippen LogP contribution is -1.93. The van der Waals surface area contributed by atoms with Crippen LogP contribution in [0.25, 0.3) is 0 Å². The summed E-state index contributed by atoms with van der Waals surface area (Å²) >= 11 is 2.94. The summed E-state index contributed by atoms with van der Waals surface area (Å²) in [6.45, 7) is 0. The molecule has 1 aromatic rings. The van der Waals surface area contributed by atoms with Crippen molar-refractivity contribution >= 4 is 15.9 Å². The monoisotopic (exact) mass is 250 g/mol. The number of rotatable bonds is 2. The Hall–Kier alpha value is -0.970. The first-order valence-corrected chi connectivity index (χ1v) is 4.20. The Morgan fingerprint density at radius 3 is 2.46 bits per heavy atom. The molecule has 1 N–H and O–H groups in total. The van der Waals surface area contributed by atoms with Gasteiger partial charge in [-0.25, -0.2) is 4.39 Å². The first-order valence-electron chi connectivity index (χ1n) is 3.40. The zero-order valence-corrected chi connectivity index (χ0v) is 8.68. The maximum absolute atomic E-state index is 13.1. The van der Waals surface area contributed by atoms with Crippen molar-refractivity contribution in [3.8, 4) is 17.2 Å². The Labute approximate surface area is 83.2 Å².